The number of carbonyl (C=O) groups is 1. The van der Waals surface area contributed by atoms with Gasteiger partial charge in [-0.15, -0.1) is 0 Å². The average molecular weight is 293 g/mol. The summed E-state index contributed by atoms with van der Waals surface area (Å²) in [5.41, 5.74) is 1.28. The number of hydrogen-bond donors (Lipinski definition) is 0. The Bertz CT molecular complexity index is 403. The van der Waals surface area contributed by atoms with Gasteiger partial charge in [0.25, 0.3) is 0 Å². The molecule has 1 aromatic carbocycles. The molecule has 0 saturated carbocycles. The van der Waals surface area contributed by atoms with Gasteiger partial charge in [-0.3, -0.25) is 4.79 Å². The van der Waals surface area contributed by atoms with E-state index in [1.165, 1.54) is 5.56 Å². The highest BCUT2D eigenvalue weighted by Gasteiger charge is 2.03. The monoisotopic (exact) mass is 293 g/mol. The molecular weight excluding hydrogens is 266 g/mol. The zero-order valence-corrected chi connectivity index (χ0v) is 13.4. The van der Waals surface area contributed by atoms with Crippen LogP contribution in [0.25, 0.3) is 0 Å². The Balaban J connectivity index is 2.13. The molecule has 0 amide bonds. The van der Waals surface area contributed by atoms with Crippen LogP contribution in [-0.4, -0.2) is 38.2 Å². The van der Waals surface area contributed by atoms with Crippen molar-refractivity contribution < 1.29 is 14.3 Å². The summed E-state index contributed by atoms with van der Waals surface area (Å²) in [4.78, 5) is 13.5. The number of benzene rings is 1. The van der Waals surface area contributed by atoms with Gasteiger partial charge in [0.05, 0.1) is 13.7 Å². The van der Waals surface area contributed by atoms with E-state index >= 15 is 0 Å². The highest BCUT2D eigenvalue weighted by Crippen LogP contribution is 2.13. The molecule has 0 fully saturated rings. The van der Waals surface area contributed by atoms with Gasteiger partial charge in [-0.1, -0.05) is 18.6 Å². The van der Waals surface area contributed by atoms with Crippen LogP contribution in [0, 0.1) is 0 Å². The fourth-order valence-corrected chi connectivity index (χ4v) is 2.18. The zero-order valence-electron chi connectivity index (χ0n) is 13.4. The second-order valence-corrected chi connectivity index (χ2v) is 5.20. The molecule has 0 aromatic heterocycles. The second kappa shape index (κ2) is 10.2. The fraction of sp³-hybridized carbons (Fsp3) is 0.588. The first-order chi connectivity index (χ1) is 10.2. The Hall–Kier alpha value is -1.55. The maximum Gasteiger partial charge on any atom is 0.305 e. The van der Waals surface area contributed by atoms with Crippen LogP contribution in [0.3, 0.4) is 0 Å². The van der Waals surface area contributed by atoms with Crippen LogP contribution in [0.4, 0.5) is 0 Å². The summed E-state index contributed by atoms with van der Waals surface area (Å²) in [7, 11) is 3.80. The van der Waals surface area contributed by atoms with Crippen molar-refractivity contribution in [3.63, 3.8) is 0 Å². The van der Waals surface area contributed by atoms with Crippen LogP contribution < -0.4 is 4.74 Å². The topological polar surface area (TPSA) is 38.8 Å². The minimum atomic E-state index is -0.0795. The van der Waals surface area contributed by atoms with Crippen molar-refractivity contribution in [2.45, 2.75) is 39.2 Å². The summed E-state index contributed by atoms with van der Waals surface area (Å²) in [5, 5.41) is 0. The minimum absolute atomic E-state index is 0.0795. The van der Waals surface area contributed by atoms with Crippen molar-refractivity contribution in [3.05, 3.63) is 29.8 Å². The van der Waals surface area contributed by atoms with E-state index < -0.39 is 0 Å². The molecule has 0 atom stereocenters. The van der Waals surface area contributed by atoms with E-state index in [2.05, 4.69) is 24.1 Å². The van der Waals surface area contributed by atoms with E-state index in [4.69, 9.17) is 9.47 Å². The lowest BCUT2D eigenvalue weighted by atomic mass is 10.1. The number of hydrogen-bond acceptors (Lipinski definition) is 4. The lowest BCUT2D eigenvalue weighted by molar-refractivity contribution is -0.143. The van der Waals surface area contributed by atoms with Crippen LogP contribution in [0.1, 0.15) is 38.2 Å². The zero-order chi connectivity index (χ0) is 15.5. The maximum atomic E-state index is 11.2. The van der Waals surface area contributed by atoms with E-state index in [-0.39, 0.29) is 5.97 Å². The molecule has 0 heterocycles. The highest BCUT2D eigenvalue weighted by molar-refractivity contribution is 5.69. The normalized spacial score (nSPS) is 10.7. The van der Waals surface area contributed by atoms with Gasteiger partial charge in [0.1, 0.15) is 5.75 Å². The number of carbonyl (C=O) groups excluding carboxylic acids is 1. The van der Waals surface area contributed by atoms with Crippen molar-refractivity contribution >= 4 is 5.97 Å². The molecule has 1 aromatic rings. The van der Waals surface area contributed by atoms with Crippen molar-refractivity contribution in [1.82, 2.24) is 4.90 Å². The standard InChI is InChI=1S/C17H27NO3/c1-4-21-17(19)8-6-5-7-13-18(2)14-15-9-11-16(20-3)12-10-15/h9-12H,4-8,13-14H2,1-3H3. The van der Waals surface area contributed by atoms with Crippen molar-refractivity contribution in [3.8, 4) is 5.75 Å². The summed E-state index contributed by atoms with van der Waals surface area (Å²) in [6, 6.07) is 8.16. The highest BCUT2D eigenvalue weighted by atomic mass is 16.5. The Morgan fingerprint density at radius 1 is 1.14 bits per heavy atom. The Kier molecular flexibility index (Phi) is 8.51. The van der Waals surface area contributed by atoms with Crippen molar-refractivity contribution in [1.29, 1.82) is 0 Å². The smallest absolute Gasteiger partial charge is 0.305 e. The van der Waals surface area contributed by atoms with E-state index in [9.17, 15) is 4.79 Å². The molecule has 1 rings (SSSR count). The van der Waals surface area contributed by atoms with E-state index in [1.807, 2.05) is 19.1 Å². The number of esters is 1. The molecule has 0 saturated heterocycles. The lowest BCUT2D eigenvalue weighted by Gasteiger charge is -2.16. The van der Waals surface area contributed by atoms with Crippen molar-refractivity contribution in [2.75, 3.05) is 27.3 Å². The van der Waals surface area contributed by atoms with Crippen LogP contribution >= 0.6 is 0 Å². The minimum Gasteiger partial charge on any atom is -0.497 e. The molecular formula is C17H27NO3. The summed E-state index contributed by atoms with van der Waals surface area (Å²) in [5.74, 6) is 0.810. The third-order valence-electron chi connectivity index (χ3n) is 3.34. The molecule has 0 N–H and O–H groups in total. The van der Waals surface area contributed by atoms with Crippen molar-refractivity contribution in [2.24, 2.45) is 0 Å². The van der Waals surface area contributed by atoms with Gasteiger partial charge in [-0.05, 0) is 51.1 Å². The van der Waals surface area contributed by atoms with Gasteiger partial charge in [-0.2, -0.15) is 0 Å². The van der Waals surface area contributed by atoms with Crippen LogP contribution in [0.15, 0.2) is 24.3 Å². The molecule has 0 bridgehead atoms. The quantitative estimate of drug-likeness (QED) is 0.490. The molecule has 0 radical (unpaired) electrons. The van der Waals surface area contributed by atoms with E-state index in [0.717, 1.165) is 38.1 Å². The summed E-state index contributed by atoms with van der Waals surface area (Å²) in [6.45, 7) is 4.28. The first-order valence-electron chi connectivity index (χ1n) is 7.62. The molecule has 0 aliphatic carbocycles. The molecule has 0 aliphatic heterocycles. The molecule has 0 unspecified atom stereocenters. The second-order valence-electron chi connectivity index (χ2n) is 5.20. The number of ether oxygens (including phenoxy) is 2. The molecule has 21 heavy (non-hydrogen) atoms. The number of nitrogens with zero attached hydrogens (tertiary/aromatic N) is 1. The first kappa shape index (κ1) is 17.5. The van der Waals surface area contributed by atoms with Crippen LogP contribution in [0.5, 0.6) is 5.75 Å². The third-order valence-corrected chi connectivity index (χ3v) is 3.34. The van der Waals surface area contributed by atoms with Gasteiger partial charge in [0, 0.05) is 13.0 Å². The summed E-state index contributed by atoms with van der Waals surface area (Å²) < 4.78 is 10.1. The molecule has 118 valence electrons. The SMILES string of the molecule is CCOC(=O)CCCCCN(C)Cc1ccc(OC)cc1. The predicted molar refractivity (Wildman–Crippen MR) is 84.4 cm³/mol. The van der Waals surface area contributed by atoms with Gasteiger partial charge in [0.2, 0.25) is 0 Å². The summed E-state index contributed by atoms with van der Waals surface area (Å²) in [6.07, 6.45) is 3.61. The largest absolute Gasteiger partial charge is 0.497 e. The molecule has 4 heteroatoms. The average Bonchev–Trinajstić information content (AvgIpc) is 2.48. The van der Waals surface area contributed by atoms with E-state index in [0.29, 0.717) is 13.0 Å². The molecule has 4 nitrogen and oxygen atoms in total. The predicted octanol–water partition coefficient (Wildman–Crippen LogP) is 3.25. The Morgan fingerprint density at radius 2 is 1.86 bits per heavy atom. The van der Waals surface area contributed by atoms with Crippen LogP contribution in [0.2, 0.25) is 0 Å². The lowest BCUT2D eigenvalue weighted by Crippen LogP contribution is -2.19. The van der Waals surface area contributed by atoms with Gasteiger partial charge >= 0.3 is 5.97 Å². The third kappa shape index (κ3) is 7.71. The van der Waals surface area contributed by atoms with Gasteiger partial charge in [0.15, 0.2) is 0 Å². The number of unbranched alkanes of at least 4 members (excludes halogenated alkanes) is 2. The maximum absolute atomic E-state index is 11.2. The molecule has 0 aliphatic rings. The Labute approximate surface area is 128 Å². The van der Waals surface area contributed by atoms with Gasteiger partial charge < -0.3 is 14.4 Å². The number of rotatable bonds is 10. The fourth-order valence-electron chi connectivity index (χ4n) is 2.18. The first-order valence-corrected chi connectivity index (χ1v) is 7.62. The van der Waals surface area contributed by atoms with Gasteiger partial charge in [-0.25, -0.2) is 0 Å². The Morgan fingerprint density at radius 3 is 2.48 bits per heavy atom. The summed E-state index contributed by atoms with van der Waals surface area (Å²) >= 11 is 0. The number of methoxy groups -OCH3 is 1. The van der Waals surface area contributed by atoms with Crippen LogP contribution in [-0.2, 0) is 16.1 Å². The van der Waals surface area contributed by atoms with E-state index in [1.54, 1.807) is 7.11 Å². The molecule has 0 spiro atoms.